The van der Waals surface area contributed by atoms with E-state index < -0.39 is 10.0 Å². The van der Waals surface area contributed by atoms with Gasteiger partial charge in [-0.2, -0.15) is 0 Å². The predicted molar refractivity (Wildman–Crippen MR) is 114 cm³/mol. The number of carbonyl (C=O) groups excluding carboxylic acids is 1. The van der Waals surface area contributed by atoms with Gasteiger partial charge in [-0.05, 0) is 69.2 Å². The molecule has 0 aliphatic carbocycles. The molecule has 0 spiro atoms. The Morgan fingerprint density at radius 2 is 1.80 bits per heavy atom. The Morgan fingerprint density at radius 1 is 1.10 bits per heavy atom. The number of benzene rings is 2. The molecule has 1 amide bonds. The molecule has 1 aliphatic rings. The smallest absolute Gasteiger partial charge is 0.254 e. The van der Waals surface area contributed by atoms with Gasteiger partial charge in [-0.15, -0.1) is 0 Å². The zero-order valence-electron chi connectivity index (χ0n) is 17.7. The Balaban J connectivity index is 1.86. The molecular formula is C22H28N2O5S. The number of ether oxygens (including phenoxy) is 2. The van der Waals surface area contributed by atoms with Gasteiger partial charge in [-0.3, -0.25) is 4.79 Å². The number of hydrogen-bond acceptors (Lipinski definition) is 5. The zero-order chi connectivity index (χ0) is 21.9. The van der Waals surface area contributed by atoms with Crippen LogP contribution in [0.2, 0.25) is 0 Å². The van der Waals surface area contributed by atoms with E-state index in [0.29, 0.717) is 23.6 Å². The second-order valence-corrected chi connectivity index (χ2v) is 9.28. The molecule has 1 saturated heterocycles. The van der Waals surface area contributed by atoms with Crippen molar-refractivity contribution < 1.29 is 22.7 Å². The van der Waals surface area contributed by atoms with Crippen molar-refractivity contribution in [1.29, 1.82) is 0 Å². The standard InChI is InChI=1S/C22H28N2O5S/c1-15(2)23-30(26,27)18-10-7-16(8-11-18)22(25)24-13-5-6-20(24)19-14-17(28-3)9-12-21(19)29-4/h7-12,14-15,20,23H,5-6,13H2,1-4H3. The first-order valence-electron chi connectivity index (χ1n) is 9.92. The average Bonchev–Trinajstić information content (AvgIpc) is 3.21. The van der Waals surface area contributed by atoms with Crippen LogP contribution in [0.5, 0.6) is 11.5 Å². The van der Waals surface area contributed by atoms with Gasteiger partial charge in [0.1, 0.15) is 11.5 Å². The van der Waals surface area contributed by atoms with E-state index in [2.05, 4.69) is 4.72 Å². The van der Waals surface area contributed by atoms with Gasteiger partial charge in [0.25, 0.3) is 5.91 Å². The van der Waals surface area contributed by atoms with E-state index in [1.807, 2.05) is 23.1 Å². The molecule has 1 heterocycles. The molecule has 162 valence electrons. The van der Waals surface area contributed by atoms with Crippen molar-refractivity contribution in [3.8, 4) is 11.5 Å². The van der Waals surface area contributed by atoms with Crippen LogP contribution in [0.4, 0.5) is 0 Å². The lowest BCUT2D eigenvalue weighted by Crippen LogP contribution is -2.31. The first kappa shape index (κ1) is 22.1. The average molecular weight is 433 g/mol. The number of rotatable bonds is 7. The Kier molecular flexibility index (Phi) is 6.67. The fourth-order valence-corrected chi connectivity index (χ4v) is 5.00. The number of methoxy groups -OCH3 is 2. The number of hydrogen-bond donors (Lipinski definition) is 1. The van der Waals surface area contributed by atoms with Crippen LogP contribution in [0.25, 0.3) is 0 Å². The maximum Gasteiger partial charge on any atom is 0.254 e. The van der Waals surface area contributed by atoms with Crippen LogP contribution >= 0.6 is 0 Å². The van der Waals surface area contributed by atoms with Crippen molar-refractivity contribution in [3.05, 3.63) is 53.6 Å². The number of carbonyl (C=O) groups is 1. The first-order chi connectivity index (χ1) is 14.3. The number of likely N-dealkylation sites (tertiary alicyclic amines) is 1. The van der Waals surface area contributed by atoms with Gasteiger partial charge in [0.15, 0.2) is 0 Å². The Labute approximate surface area is 178 Å². The van der Waals surface area contributed by atoms with E-state index in [9.17, 15) is 13.2 Å². The topological polar surface area (TPSA) is 84.9 Å². The Hall–Kier alpha value is -2.58. The minimum atomic E-state index is -3.60. The fourth-order valence-electron chi connectivity index (χ4n) is 3.75. The molecule has 1 unspecified atom stereocenters. The molecule has 1 aliphatic heterocycles. The fraction of sp³-hybridized carbons (Fsp3) is 0.409. The summed E-state index contributed by atoms with van der Waals surface area (Å²) in [5.41, 5.74) is 1.36. The van der Waals surface area contributed by atoms with Crippen molar-refractivity contribution in [2.24, 2.45) is 0 Å². The van der Waals surface area contributed by atoms with Crippen LogP contribution in [0.1, 0.15) is 48.7 Å². The van der Waals surface area contributed by atoms with E-state index in [1.165, 1.54) is 12.1 Å². The van der Waals surface area contributed by atoms with Crippen LogP contribution < -0.4 is 14.2 Å². The molecule has 30 heavy (non-hydrogen) atoms. The maximum absolute atomic E-state index is 13.2. The summed E-state index contributed by atoms with van der Waals surface area (Å²) in [7, 11) is -0.385. The SMILES string of the molecule is COc1ccc(OC)c(C2CCCN2C(=O)c2ccc(S(=O)(=O)NC(C)C)cc2)c1. The minimum Gasteiger partial charge on any atom is -0.497 e. The highest BCUT2D eigenvalue weighted by Gasteiger charge is 2.33. The number of sulfonamides is 1. The molecule has 2 aromatic rings. The third-order valence-corrected chi connectivity index (χ3v) is 6.79. The van der Waals surface area contributed by atoms with Crippen LogP contribution in [-0.4, -0.2) is 46.0 Å². The lowest BCUT2D eigenvalue weighted by Gasteiger charge is -2.27. The highest BCUT2D eigenvalue weighted by atomic mass is 32.2. The van der Waals surface area contributed by atoms with E-state index in [0.717, 1.165) is 18.4 Å². The maximum atomic E-state index is 13.2. The minimum absolute atomic E-state index is 0.131. The summed E-state index contributed by atoms with van der Waals surface area (Å²) >= 11 is 0. The second kappa shape index (κ2) is 9.06. The number of nitrogens with one attached hydrogen (secondary N) is 1. The van der Waals surface area contributed by atoms with Crippen molar-refractivity contribution >= 4 is 15.9 Å². The van der Waals surface area contributed by atoms with Gasteiger partial charge in [-0.25, -0.2) is 13.1 Å². The zero-order valence-corrected chi connectivity index (χ0v) is 18.5. The van der Waals surface area contributed by atoms with Crippen LogP contribution in [0.15, 0.2) is 47.4 Å². The molecule has 1 fully saturated rings. The monoisotopic (exact) mass is 432 g/mol. The van der Waals surface area contributed by atoms with E-state index in [-0.39, 0.29) is 22.9 Å². The summed E-state index contributed by atoms with van der Waals surface area (Å²) in [4.78, 5) is 15.2. The van der Waals surface area contributed by atoms with Crippen molar-refractivity contribution in [3.63, 3.8) is 0 Å². The molecule has 0 aromatic heterocycles. The van der Waals surface area contributed by atoms with E-state index in [4.69, 9.17) is 9.47 Å². The molecule has 2 aromatic carbocycles. The summed E-state index contributed by atoms with van der Waals surface area (Å²) in [5.74, 6) is 1.28. The molecule has 0 saturated carbocycles. The van der Waals surface area contributed by atoms with Gasteiger partial charge in [0.05, 0.1) is 25.2 Å². The molecule has 1 N–H and O–H groups in total. The van der Waals surface area contributed by atoms with Crippen molar-refractivity contribution in [2.75, 3.05) is 20.8 Å². The molecular weight excluding hydrogens is 404 g/mol. The summed E-state index contributed by atoms with van der Waals surface area (Å²) in [6.45, 7) is 4.14. The first-order valence-corrected chi connectivity index (χ1v) is 11.4. The van der Waals surface area contributed by atoms with Gasteiger partial charge < -0.3 is 14.4 Å². The van der Waals surface area contributed by atoms with Crippen molar-refractivity contribution in [1.82, 2.24) is 9.62 Å². The highest BCUT2D eigenvalue weighted by molar-refractivity contribution is 7.89. The Morgan fingerprint density at radius 3 is 2.40 bits per heavy atom. The van der Waals surface area contributed by atoms with E-state index in [1.54, 1.807) is 40.2 Å². The number of amides is 1. The lowest BCUT2D eigenvalue weighted by atomic mass is 10.0. The lowest BCUT2D eigenvalue weighted by molar-refractivity contribution is 0.0734. The summed E-state index contributed by atoms with van der Waals surface area (Å²) in [6.07, 6.45) is 1.70. The van der Waals surface area contributed by atoms with Crippen LogP contribution in [-0.2, 0) is 10.0 Å². The highest BCUT2D eigenvalue weighted by Crippen LogP contribution is 2.39. The normalized spacial score (nSPS) is 16.7. The predicted octanol–water partition coefficient (Wildman–Crippen LogP) is 3.37. The summed E-state index contributed by atoms with van der Waals surface area (Å²) < 4.78 is 38.0. The quantitative estimate of drug-likeness (QED) is 0.725. The molecule has 8 heteroatoms. The molecule has 0 bridgehead atoms. The molecule has 3 rings (SSSR count). The van der Waals surface area contributed by atoms with Crippen LogP contribution in [0.3, 0.4) is 0 Å². The van der Waals surface area contributed by atoms with E-state index >= 15 is 0 Å². The Bertz CT molecular complexity index is 1000. The molecule has 0 radical (unpaired) electrons. The van der Waals surface area contributed by atoms with Crippen LogP contribution in [0, 0.1) is 0 Å². The molecule has 7 nitrogen and oxygen atoms in total. The van der Waals surface area contributed by atoms with Gasteiger partial charge in [-0.1, -0.05) is 0 Å². The third kappa shape index (κ3) is 4.60. The summed E-state index contributed by atoms with van der Waals surface area (Å²) in [6, 6.07) is 11.3. The second-order valence-electron chi connectivity index (χ2n) is 7.56. The van der Waals surface area contributed by atoms with Gasteiger partial charge >= 0.3 is 0 Å². The summed E-state index contributed by atoms with van der Waals surface area (Å²) in [5, 5.41) is 0. The third-order valence-electron chi connectivity index (χ3n) is 5.11. The molecule has 1 atom stereocenters. The van der Waals surface area contributed by atoms with Gasteiger partial charge in [0.2, 0.25) is 10.0 Å². The number of nitrogens with zero attached hydrogens (tertiary/aromatic N) is 1. The van der Waals surface area contributed by atoms with Gasteiger partial charge in [0, 0.05) is 23.7 Å². The van der Waals surface area contributed by atoms with Crippen molar-refractivity contribution in [2.45, 2.75) is 43.7 Å². The largest absolute Gasteiger partial charge is 0.497 e.